The van der Waals surface area contributed by atoms with Crippen LogP contribution < -0.4 is 5.43 Å². The highest BCUT2D eigenvalue weighted by atomic mass is 32.2. The van der Waals surface area contributed by atoms with Crippen molar-refractivity contribution in [1.29, 1.82) is 0 Å². The Kier molecular flexibility index (Phi) is 1.90. The summed E-state index contributed by atoms with van der Waals surface area (Å²) >= 11 is 6.33. The van der Waals surface area contributed by atoms with Gasteiger partial charge in [-0.05, 0) is 11.9 Å². The second-order valence-electron chi connectivity index (χ2n) is 1.17. The van der Waals surface area contributed by atoms with Crippen LogP contribution in [-0.2, 0) is 0 Å². The molecule has 1 heterocycles. The number of nitrogens with zero attached hydrogens (tertiary/aromatic N) is 1. The Bertz CT molecular complexity index is 69.3. The third kappa shape index (κ3) is 1.29. The van der Waals surface area contributed by atoms with Crippen LogP contribution in [-0.4, -0.2) is 22.2 Å². The molecule has 0 amide bonds. The van der Waals surface area contributed by atoms with Gasteiger partial charge in [0.1, 0.15) is 0 Å². The Morgan fingerprint density at radius 1 is 1.86 bits per heavy atom. The zero-order chi connectivity index (χ0) is 5.11. The second-order valence-corrected chi connectivity index (χ2v) is 2.44. The molecule has 0 aromatic rings. The number of hydrazine groups is 1. The summed E-state index contributed by atoms with van der Waals surface area (Å²) in [5.74, 6) is 1.13. The van der Waals surface area contributed by atoms with Crippen molar-refractivity contribution in [3.8, 4) is 0 Å². The average Bonchev–Trinajstić information content (AvgIpc) is 2.14. The highest BCUT2D eigenvalue weighted by Crippen LogP contribution is 2.07. The Morgan fingerprint density at radius 2 is 2.71 bits per heavy atom. The van der Waals surface area contributed by atoms with E-state index in [2.05, 4.69) is 17.6 Å². The molecule has 4 heteroatoms. The molecule has 1 aliphatic rings. The number of hydrogen-bond donors (Lipinski definition) is 1. The molecule has 0 aliphatic carbocycles. The largest absolute Gasteiger partial charge is 0.247 e. The van der Waals surface area contributed by atoms with Gasteiger partial charge in [0.05, 0.1) is 5.49 Å². The van der Waals surface area contributed by atoms with Crippen molar-refractivity contribution >= 4 is 29.7 Å². The smallest absolute Gasteiger partial charge is 0.0915 e. The molecule has 1 N–H and O–H groups in total. The SMILES string of the molecule is S=CN1NCCS1. The summed E-state index contributed by atoms with van der Waals surface area (Å²) in [4.78, 5) is 0. The van der Waals surface area contributed by atoms with Crippen LogP contribution in [0.5, 0.6) is 0 Å². The van der Waals surface area contributed by atoms with Gasteiger partial charge in [0.25, 0.3) is 0 Å². The van der Waals surface area contributed by atoms with Gasteiger partial charge in [0, 0.05) is 12.3 Å². The molecular formula is C3H6N2S2. The number of thiocarbonyl (C=S) groups is 1. The van der Waals surface area contributed by atoms with Gasteiger partial charge < -0.3 is 0 Å². The first-order chi connectivity index (χ1) is 3.43. The Morgan fingerprint density at radius 3 is 3.00 bits per heavy atom. The average molecular weight is 134 g/mol. The van der Waals surface area contributed by atoms with Gasteiger partial charge in [-0.25, -0.2) is 9.84 Å². The van der Waals surface area contributed by atoms with Crippen LogP contribution in [0.2, 0.25) is 0 Å². The van der Waals surface area contributed by atoms with Crippen molar-refractivity contribution in [2.45, 2.75) is 0 Å². The summed E-state index contributed by atoms with van der Waals surface area (Å²) < 4.78 is 1.84. The van der Waals surface area contributed by atoms with Crippen molar-refractivity contribution < 1.29 is 0 Å². The number of nitrogens with one attached hydrogen (secondary N) is 1. The van der Waals surface area contributed by atoms with E-state index in [0.717, 1.165) is 12.3 Å². The predicted octanol–water partition coefficient (Wildman–Crippen LogP) is 0.412. The maximum absolute atomic E-state index is 4.63. The summed E-state index contributed by atoms with van der Waals surface area (Å²) in [6.45, 7) is 1.04. The quantitative estimate of drug-likeness (QED) is 0.412. The van der Waals surface area contributed by atoms with Crippen LogP contribution in [0.4, 0.5) is 0 Å². The van der Waals surface area contributed by atoms with Gasteiger partial charge in [0.2, 0.25) is 0 Å². The molecule has 0 bridgehead atoms. The minimum absolute atomic E-state index is 1.04. The van der Waals surface area contributed by atoms with E-state index in [9.17, 15) is 0 Å². The fourth-order valence-electron chi connectivity index (χ4n) is 0.413. The van der Waals surface area contributed by atoms with Crippen LogP contribution in [0.3, 0.4) is 0 Å². The van der Waals surface area contributed by atoms with E-state index in [0.29, 0.717) is 0 Å². The van der Waals surface area contributed by atoms with Gasteiger partial charge in [-0.2, -0.15) is 0 Å². The van der Waals surface area contributed by atoms with Crippen molar-refractivity contribution in [2.24, 2.45) is 0 Å². The first-order valence-electron chi connectivity index (χ1n) is 2.04. The van der Waals surface area contributed by atoms with Crippen molar-refractivity contribution in [2.75, 3.05) is 12.3 Å². The second kappa shape index (κ2) is 2.49. The molecule has 0 unspecified atom stereocenters. The molecule has 0 saturated carbocycles. The molecule has 1 fully saturated rings. The van der Waals surface area contributed by atoms with Crippen LogP contribution in [0.25, 0.3) is 0 Å². The summed E-state index contributed by atoms with van der Waals surface area (Å²) in [6.07, 6.45) is 0. The first kappa shape index (κ1) is 5.34. The van der Waals surface area contributed by atoms with Crippen LogP contribution in [0.1, 0.15) is 0 Å². The van der Waals surface area contributed by atoms with Crippen LogP contribution in [0, 0.1) is 0 Å². The summed E-state index contributed by atoms with van der Waals surface area (Å²) in [7, 11) is 0. The molecule has 1 rings (SSSR count). The van der Waals surface area contributed by atoms with Crippen molar-refractivity contribution in [3.63, 3.8) is 0 Å². The number of rotatable bonds is 1. The van der Waals surface area contributed by atoms with Gasteiger partial charge in [-0.1, -0.05) is 12.2 Å². The highest BCUT2D eigenvalue weighted by molar-refractivity contribution is 7.98. The van der Waals surface area contributed by atoms with E-state index in [4.69, 9.17) is 0 Å². The Labute approximate surface area is 52.4 Å². The summed E-state index contributed by atoms with van der Waals surface area (Å²) in [5, 5.41) is 0. The fourth-order valence-corrected chi connectivity index (χ4v) is 1.29. The lowest BCUT2D eigenvalue weighted by molar-refractivity contribution is 0.560. The Hall–Kier alpha value is 0.200. The summed E-state index contributed by atoms with van der Waals surface area (Å²) in [6, 6.07) is 0. The van der Waals surface area contributed by atoms with E-state index in [1.165, 1.54) is 0 Å². The lowest BCUT2D eigenvalue weighted by Crippen LogP contribution is -2.23. The van der Waals surface area contributed by atoms with E-state index >= 15 is 0 Å². The van der Waals surface area contributed by atoms with E-state index < -0.39 is 0 Å². The van der Waals surface area contributed by atoms with E-state index in [1.54, 1.807) is 17.4 Å². The van der Waals surface area contributed by atoms with Gasteiger partial charge in [-0.15, -0.1) is 0 Å². The maximum Gasteiger partial charge on any atom is 0.0915 e. The lowest BCUT2D eigenvalue weighted by Gasteiger charge is -2.04. The first-order valence-corrected chi connectivity index (χ1v) is 3.46. The molecule has 1 saturated heterocycles. The molecule has 7 heavy (non-hydrogen) atoms. The lowest BCUT2D eigenvalue weighted by atomic mass is 10.8. The van der Waals surface area contributed by atoms with E-state index in [-0.39, 0.29) is 0 Å². The predicted molar refractivity (Wildman–Crippen MR) is 36.0 cm³/mol. The third-order valence-corrected chi connectivity index (χ3v) is 1.94. The van der Waals surface area contributed by atoms with Crippen molar-refractivity contribution in [1.82, 2.24) is 9.84 Å². The molecule has 0 radical (unpaired) electrons. The monoisotopic (exact) mass is 134 g/mol. The minimum Gasteiger partial charge on any atom is -0.247 e. The van der Waals surface area contributed by atoms with Crippen LogP contribution >= 0.6 is 24.2 Å². The third-order valence-electron chi connectivity index (χ3n) is 0.696. The molecule has 2 nitrogen and oxygen atoms in total. The molecule has 0 aromatic heterocycles. The highest BCUT2D eigenvalue weighted by Gasteiger charge is 2.04. The Balaban J connectivity index is 2.26. The zero-order valence-electron chi connectivity index (χ0n) is 3.76. The number of hydrogen-bond acceptors (Lipinski definition) is 3. The van der Waals surface area contributed by atoms with E-state index in [1.807, 2.05) is 4.41 Å². The molecule has 40 valence electrons. The van der Waals surface area contributed by atoms with Gasteiger partial charge in [0.15, 0.2) is 0 Å². The van der Waals surface area contributed by atoms with Gasteiger partial charge >= 0.3 is 0 Å². The van der Waals surface area contributed by atoms with Gasteiger partial charge in [-0.3, -0.25) is 0 Å². The standard InChI is InChI=1S/C3H6N2S2/c6-3-5-4-1-2-7-5/h3-4H,1-2H2. The topological polar surface area (TPSA) is 15.3 Å². The molecule has 0 spiro atoms. The molecule has 0 aromatic carbocycles. The van der Waals surface area contributed by atoms with Crippen molar-refractivity contribution in [3.05, 3.63) is 0 Å². The zero-order valence-corrected chi connectivity index (χ0v) is 5.39. The minimum atomic E-state index is 1.04. The molecule has 0 atom stereocenters. The molecular weight excluding hydrogens is 128 g/mol. The fraction of sp³-hybridized carbons (Fsp3) is 0.667. The maximum atomic E-state index is 4.63. The summed E-state index contributed by atoms with van der Waals surface area (Å²) in [5.41, 5.74) is 4.65. The normalized spacial score (nSPS) is 20.3. The van der Waals surface area contributed by atoms with Crippen LogP contribution in [0.15, 0.2) is 0 Å². The molecule has 1 aliphatic heterocycles.